The number of amides is 2. The van der Waals surface area contributed by atoms with Gasteiger partial charge in [-0.1, -0.05) is 39.8 Å². The summed E-state index contributed by atoms with van der Waals surface area (Å²) in [7, 11) is -1.71. The number of carbonyl (C=O) groups is 2. The minimum absolute atomic E-state index is 0.206. The average Bonchev–Trinajstić information content (AvgIpc) is 3.05. The largest absolute Gasteiger partial charge is 0.414 e. The molecule has 0 fully saturated rings. The predicted molar refractivity (Wildman–Crippen MR) is 140 cm³/mol. The Morgan fingerprint density at radius 3 is 1.77 bits per heavy atom. The Balaban J connectivity index is 1.47. The van der Waals surface area contributed by atoms with Crippen LogP contribution in [0.4, 0.5) is 0 Å². The van der Waals surface area contributed by atoms with Crippen LogP contribution in [0.1, 0.15) is 48.4 Å². The predicted octanol–water partition coefficient (Wildman–Crippen LogP) is 3.68. The molecule has 1 aliphatic heterocycles. The number of hydrogen-bond donors (Lipinski definition) is 0. The van der Waals surface area contributed by atoms with Crippen LogP contribution in [-0.4, -0.2) is 102 Å². The molecule has 0 saturated carbocycles. The average molecular weight is 509 g/mol. The third-order valence-electron chi connectivity index (χ3n) is 6.76. The van der Waals surface area contributed by atoms with E-state index in [0.717, 1.165) is 13.1 Å². The van der Waals surface area contributed by atoms with Crippen molar-refractivity contribution in [3.05, 3.63) is 35.4 Å². The lowest BCUT2D eigenvalue weighted by atomic mass is 10.1. The van der Waals surface area contributed by atoms with Crippen LogP contribution in [0.25, 0.3) is 0 Å². The van der Waals surface area contributed by atoms with Crippen LogP contribution in [-0.2, 0) is 18.6 Å². The first-order valence-corrected chi connectivity index (χ1v) is 15.5. The highest BCUT2D eigenvalue weighted by Gasteiger charge is 2.37. The van der Waals surface area contributed by atoms with Gasteiger partial charge in [-0.05, 0) is 36.8 Å². The van der Waals surface area contributed by atoms with Gasteiger partial charge in [0.2, 0.25) is 0 Å². The zero-order valence-electron chi connectivity index (χ0n) is 22.4. The van der Waals surface area contributed by atoms with Crippen molar-refractivity contribution < 1.29 is 28.2 Å². The van der Waals surface area contributed by atoms with E-state index in [-0.39, 0.29) is 16.9 Å². The summed E-state index contributed by atoms with van der Waals surface area (Å²) >= 11 is 0. The van der Waals surface area contributed by atoms with E-state index in [1.54, 1.807) is 24.3 Å². The van der Waals surface area contributed by atoms with Crippen LogP contribution in [0.15, 0.2) is 24.3 Å². The SMILES string of the molecule is CCN(CCOCCOCCOCCO[Si](C)(C)C(C)(C)C)CCN1C(=O)c2ccccc2C1=O. The number of carbonyl (C=O) groups excluding carboxylic acids is 2. The van der Waals surface area contributed by atoms with E-state index < -0.39 is 8.32 Å². The van der Waals surface area contributed by atoms with Gasteiger partial charge in [0, 0.05) is 19.6 Å². The summed E-state index contributed by atoms with van der Waals surface area (Å²) in [6.07, 6.45) is 0. The molecule has 1 aromatic rings. The summed E-state index contributed by atoms with van der Waals surface area (Å²) < 4.78 is 22.9. The molecule has 1 aromatic carbocycles. The molecular formula is C26H44N2O6Si. The van der Waals surface area contributed by atoms with Crippen molar-refractivity contribution in [1.82, 2.24) is 9.80 Å². The van der Waals surface area contributed by atoms with Crippen LogP contribution in [0.3, 0.4) is 0 Å². The van der Waals surface area contributed by atoms with Crippen LogP contribution >= 0.6 is 0 Å². The van der Waals surface area contributed by atoms with Crippen molar-refractivity contribution in [3.8, 4) is 0 Å². The number of rotatable bonds is 17. The molecule has 198 valence electrons. The second-order valence-corrected chi connectivity index (χ2v) is 15.0. The van der Waals surface area contributed by atoms with Gasteiger partial charge in [0.25, 0.3) is 11.8 Å². The molecule has 2 amide bonds. The normalized spacial score (nSPS) is 14.3. The van der Waals surface area contributed by atoms with E-state index in [2.05, 4.69) is 45.7 Å². The molecule has 0 N–H and O–H groups in total. The number of likely N-dealkylation sites (N-methyl/N-ethyl adjacent to an activating group) is 1. The van der Waals surface area contributed by atoms with Crippen molar-refractivity contribution in [1.29, 1.82) is 0 Å². The second-order valence-electron chi connectivity index (χ2n) is 10.2. The summed E-state index contributed by atoms with van der Waals surface area (Å²) in [6, 6.07) is 6.98. The van der Waals surface area contributed by atoms with Crippen molar-refractivity contribution in [2.45, 2.75) is 45.8 Å². The molecule has 0 unspecified atom stereocenters. The standard InChI is InChI=1S/C26H44N2O6Si/c1-7-27(12-13-28-24(29)22-10-8-9-11-23(22)25(28)30)14-15-31-16-17-32-18-19-33-20-21-34-35(5,6)26(2,3)4/h8-11H,7,12-21H2,1-6H3. The molecule has 1 heterocycles. The van der Waals surface area contributed by atoms with E-state index in [1.807, 2.05) is 0 Å². The second kappa shape index (κ2) is 14.2. The highest BCUT2D eigenvalue weighted by Crippen LogP contribution is 2.36. The molecule has 1 aliphatic rings. The number of fused-ring (bicyclic) bond motifs is 1. The van der Waals surface area contributed by atoms with E-state index in [1.165, 1.54) is 4.90 Å². The van der Waals surface area contributed by atoms with Gasteiger partial charge in [-0.2, -0.15) is 0 Å². The van der Waals surface area contributed by atoms with Crippen LogP contribution in [0.5, 0.6) is 0 Å². The molecule has 8 nitrogen and oxygen atoms in total. The fourth-order valence-electron chi connectivity index (χ4n) is 3.42. The Hall–Kier alpha value is -1.62. The number of nitrogens with zero attached hydrogens (tertiary/aromatic N) is 2. The maximum absolute atomic E-state index is 12.5. The van der Waals surface area contributed by atoms with Crippen LogP contribution in [0, 0.1) is 0 Å². The first-order valence-electron chi connectivity index (χ1n) is 12.6. The summed E-state index contributed by atoms with van der Waals surface area (Å²) in [5.74, 6) is -0.413. The minimum atomic E-state index is -1.71. The Labute approximate surface area is 212 Å². The fraction of sp³-hybridized carbons (Fsp3) is 0.692. The Morgan fingerprint density at radius 2 is 1.29 bits per heavy atom. The minimum Gasteiger partial charge on any atom is -0.414 e. The molecule has 0 aromatic heterocycles. The highest BCUT2D eigenvalue weighted by atomic mass is 28.4. The van der Waals surface area contributed by atoms with Crippen molar-refractivity contribution in [2.75, 3.05) is 72.4 Å². The third kappa shape index (κ3) is 9.08. The van der Waals surface area contributed by atoms with Gasteiger partial charge in [-0.3, -0.25) is 19.4 Å². The van der Waals surface area contributed by atoms with Crippen molar-refractivity contribution >= 4 is 20.1 Å². The first kappa shape index (κ1) is 29.6. The molecular weight excluding hydrogens is 464 g/mol. The topological polar surface area (TPSA) is 77.5 Å². The van der Waals surface area contributed by atoms with Crippen LogP contribution < -0.4 is 0 Å². The lowest BCUT2D eigenvalue weighted by Crippen LogP contribution is -2.41. The maximum atomic E-state index is 12.5. The van der Waals surface area contributed by atoms with E-state index >= 15 is 0 Å². The molecule has 35 heavy (non-hydrogen) atoms. The molecule has 0 saturated heterocycles. The first-order chi connectivity index (χ1) is 16.6. The summed E-state index contributed by atoms with van der Waals surface area (Å²) in [4.78, 5) is 28.5. The number of benzene rings is 1. The molecule has 0 radical (unpaired) electrons. The zero-order valence-corrected chi connectivity index (χ0v) is 23.4. The van der Waals surface area contributed by atoms with Gasteiger partial charge in [0.15, 0.2) is 8.32 Å². The Morgan fingerprint density at radius 1 is 0.800 bits per heavy atom. The Kier molecular flexibility index (Phi) is 12.0. The molecule has 0 bridgehead atoms. The number of hydrogen-bond acceptors (Lipinski definition) is 7. The summed E-state index contributed by atoms with van der Waals surface area (Å²) in [5.41, 5.74) is 0.988. The zero-order chi connectivity index (χ0) is 25.9. The monoisotopic (exact) mass is 508 g/mol. The quantitative estimate of drug-likeness (QED) is 0.180. The van der Waals surface area contributed by atoms with Gasteiger partial charge < -0.3 is 18.6 Å². The maximum Gasteiger partial charge on any atom is 0.261 e. The fourth-order valence-corrected chi connectivity index (χ4v) is 4.45. The van der Waals surface area contributed by atoms with E-state index in [4.69, 9.17) is 18.6 Å². The van der Waals surface area contributed by atoms with E-state index in [9.17, 15) is 9.59 Å². The number of ether oxygens (including phenoxy) is 3. The lowest BCUT2D eigenvalue weighted by molar-refractivity contribution is 0.00529. The summed E-state index contributed by atoms with van der Waals surface area (Å²) in [5, 5.41) is 0.211. The smallest absolute Gasteiger partial charge is 0.261 e. The van der Waals surface area contributed by atoms with Crippen LogP contribution in [0.2, 0.25) is 18.1 Å². The van der Waals surface area contributed by atoms with Gasteiger partial charge >= 0.3 is 0 Å². The van der Waals surface area contributed by atoms with Crippen molar-refractivity contribution in [3.63, 3.8) is 0 Å². The Bertz CT molecular complexity index is 776. The molecule has 0 aliphatic carbocycles. The van der Waals surface area contributed by atoms with Crippen molar-refractivity contribution in [2.24, 2.45) is 0 Å². The molecule has 0 spiro atoms. The molecule has 9 heteroatoms. The van der Waals surface area contributed by atoms with E-state index in [0.29, 0.717) is 70.5 Å². The lowest BCUT2D eigenvalue weighted by Gasteiger charge is -2.36. The van der Waals surface area contributed by atoms with Gasteiger partial charge in [0.05, 0.1) is 57.4 Å². The highest BCUT2D eigenvalue weighted by molar-refractivity contribution is 6.74. The van der Waals surface area contributed by atoms with Gasteiger partial charge in [-0.25, -0.2) is 0 Å². The van der Waals surface area contributed by atoms with Gasteiger partial charge in [-0.15, -0.1) is 0 Å². The molecule has 0 atom stereocenters. The number of imide groups is 1. The molecule has 2 rings (SSSR count). The van der Waals surface area contributed by atoms with Gasteiger partial charge in [0.1, 0.15) is 0 Å². The summed E-state index contributed by atoms with van der Waals surface area (Å²) in [6.45, 7) is 19.7. The third-order valence-corrected chi connectivity index (χ3v) is 11.3.